The average Bonchev–Trinajstić information content (AvgIpc) is 2.81. The van der Waals surface area contributed by atoms with Crippen molar-refractivity contribution in [3.8, 4) is 11.6 Å². The smallest absolute Gasteiger partial charge is 0.423 e. The molecule has 1 aliphatic carbocycles. The van der Waals surface area contributed by atoms with Gasteiger partial charge in [0.05, 0.1) is 18.4 Å². The number of fused-ring (bicyclic) bond motifs is 1. The van der Waals surface area contributed by atoms with Gasteiger partial charge in [0, 0.05) is 12.1 Å². The van der Waals surface area contributed by atoms with E-state index in [1.165, 1.54) is 25.8 Å². The van der Waals surface area contributed by atoms with Crippen molar-refractivity contribution in [1.82, 2.24) is 9.13 Å². The number of aromatic hydroxyl groups is 1. The van der Waals surface area contributed by atoms with Crippen LogP contribution in [0.3, 0.4) is 0 Å². The highest BCUT2D eigenvalue weighted by Gasteiger charge is 2.36. The minimum Gasteiger partial charge on any atom is -0.478 e. The van der Waals surface area contributed by atoms with Crippen LogP contribution in [0.15, 0.2) is 64.2 Å². The number of halogens is 1. The molecule has 0 spiro atoms. The molecule has 174 valence electrons. The van der Waals surface area contributed by atoms with Gasteiger partial charge in [-0.15, -0.1) is 4.57 Å². The van der Waals surface area contributed by atoms with Crippen molar-refractivity contribution in [2.24, 2.45) is 13.0 Å². The number of aryl methyl sites for hydroxylation is 2. The maximum Gasteiger partial charge on any atom is 0.423 e. The van der Waals surface area contributed by atoms with Gasteiger partial charge in [0.1, 0.15) is 11.5 Å². The second kappa shape index (κ2) is 8.13. The maximum absolute atomic E-state index is 14.7. The van der Waals surface area contributed by atoms with E-state index < -0.39 is 17.1 Å². The van der Waals surface area contributed by atoms with Crippen molar-refractivity contribution in [1.29, 1.82) is 0 Å². The van der Waals surface area contributed by atoms with Crippen LogP contribution in [0.1, 0.15) is 31.4 Å². The molecule has 1 aliphatic rings. The largest absolute Gasteiger partial charge is 0.478 e. The summed E-state index contributed by atoms with van der Waals surface area (Å²) < 4.78 is 18.8. The van der Waals surface area contributed by atoms with Crippen molar-refractivity contribution in [3.63, 3.8) is 0 Å². The van der Waals surface area contributed by atoms with E-state index in [-0.39, 0.29) is 40.2 Å². The Balaban J connectivity index is 1.90. The average molecular weight is 462 g/mol. The molecular formula is C26H26FN4O3+. The summed E-state index contributed by atoms with van der Waals surface area (Å²) in [5.41, 5.74) is 1.01. The Morgan fingerprint density at radius 1 is 1.06 bits per heavy atom. The molecule has 2 aromatic heterocycles. The molecule has 34 heavy (non-hydrogen) atoms. The van der Waals surface area contributed by atoms with Crippen LogP contribution in [0.2, 0.25) is 0 Å². The van der Waals surface area contributed by atoms with Crippen molar-refractivity contribution in [3.05, 3.63) is 86.8 Å². The molecule has 0 aliphatic heterocycles. The van der Waals surface area contributed by atoms with Gasteiger partial charge in [-0.25, -0.2) is 13.8 Å². The Bertz CT molecular complexity index is 1540. The standard InChI is InChI=1S/C26H25FN4O3/c1-15-9-11-19(18(27)13-15)28-20-14-22(32)29(3)24-23(20)25(33)31(21-12-10-16(21)2)26(34)30(24)17-7-5-4-6-8-17/h4-9,11,13-14,16,21H,10,12H2,1-3H3,(H,28,32)/p+1/t16-,21?/m0/s1. The molecule has 0 saturated heterocycles. The molecule has 0 radical (unpaired) electrons. The van der Waals surface area contributed by atoms with Gasteiger partial charge in [-0.1, -0.05) is 31.2 Å². The minimum atomic E-state index is -0.481. The second-order valence-corrected chi connectivity index (χ2v) is 9.03. The van der Waals surface area contributed by atoms with Gasteiger partial charge >= 0.3 is 11.3 Å². The van der Waals surface area contributed by atoms with Crippen molar-refractivity contribution >= 4 is 22.4 Å². The van der Waals surface area contributed by atoms with Crippen LogP contribution >= 0.6 is 0 Å². The van der Waals surface area contributed by atoms with Crippen LogP contribution in [0.5, 0.6) is 5.88 Å². The molecule has 1 fully saturated rings. The summed E-state index contributed by atoms with van der Waals surface area (Å²) in [6.07, 6.45) is 1.67. The van der Waals surface area contributed by atoms with Crippen LogP contribution in [0.25, 0.3) is 16.7 Å². The number of hydrogen-bond donors (Lipinski definition) is 2. The van der Waals surface area contributed by atoms with Gasteiger partial charge in [0.15, 0.2) is 5.39 Å². The number of pyridine rings is 1. The monoisotopic (exact) mass is 461 g/mol. The number of hydrogen-bond acceptors (Lipinski definition) is 4. The number of nitrogens with zero attached hydrogens (tertiary/aromatic N) is 3. The summed E-state index contributed by atoms with van der Waals surface area (Å²) in [7, 11) is 1.59. The van der Waals surface area contributed by atoms with Gasteiger partial charge in [0.2, 0.25) is 0 Å². The first-order valence-electron chi connectivity index (χ1n) is 11.3. The van der Waals surface area contributed by atoms with Gasteiger partial charge < -0.3 is 10.4 Å². The molecule has 4 aromatic rings. The Kier molecular flexibility index (Phi) is 5.23. The second-order valence-electron chi connectivity index (χ2n) is 9.03. The zero-order valence-electron chi connectivity index (χ0n) is 19.2. The van der Waals surface area contributed by atoms with Crippen LogP contribution in [-0.2, 0) is 7.05 Å². The number of nitrogens with one attached hydrogen (secondary N) is 1. The van der Waals surface area contributed by atoms with E-state index >= 15 is 0 Å². The molecule has 5 rings (SSSR count). The van der Waals surface area contributed by atoms with Gasteiger partial charge in [-0.2, -0.15) is 4.57 Å². The Hall–Kier alpha value is -3.94. The summed E-state index contributed by atoms with van der Waals surface area (Å²) in [6.45, 7) is 3.81. The fourth-order valence-electron chi connectivity index (χ4n) is 4.67. The molecule has 2 atom stereocenters. The van der Waals surface area contributed by atoms with Gasteiger partial charge in [-0.05, 0) is 55.5 Å². The zero-order valence-corrected chi connectivity index (χ0v) is 19.2. The van der Waals surface area contributed by atoms with Crippen LogP contribution in [0.4, 0.5) is 15.8 Å². The number of aromatic nitrogens is 3. The summed E-state index contributed by atoms with van der Waals surface area (Å²) in [4.78, 5) is 27.6. The molecule has 8 heteroatoms. The van der Waals surface area contributed by atoms with Crippen molar-refractivity contribution in [2.45, 2.75) is 32.7 Å². The van der Waals surface area contributed by atoms with E-state index in [2.05, 4.69) is 5.32 Å². The third-order valence-electron chi connectivity index (χ3n) is 6.78. The molecule has 7 nitrogen and oxygen atoms in total. The molecule has 1 unspecified atom stereocenters. The quantitative estimate of drug-likeness (QED) is 0.453. The lowest BCUT2D eigenvalue weighted by atomic mass is 9.81. The van der Waals surface area contributed by atoms with Crippen molar-refractivity contribution < 1.29 is 14.1 Å². The molecule has 2 aromatic carbocycles. The highest BCUT2D eigenvalue weighted by Crippen LogP contribution is 2.37. The van der Waals surface area contributed by atoms with Crippen LogP contribution in [0, 0.1) is 18.7 Å². The summed E-state index contributed by atoms with van der Waals surface area (Å²) in [5, 5.41) is 13.9. The minimum absolute atomic E-state index is 0.167. The maximum atomic E-state index is 14.7. The van der Waals surface area contributed by atoms with E-state index in [0.717, 1.165) is 18.4 Å². The lowest BCUT2D eigenvalue weighted by molar-refractivity contribution is -0.654. The lowest BCUT2D eigenvalue weighted by Crippen LogP contribution is -2.49. The molecule has 2 N–H and O–H groups in total. The third kappa shape index (κ3) is 3.37. The highest BCUT2D eigenvalue weighted by molar-refractivity contribution is 5.90. The Morgan fingerprint density at radius 2 is 1.79 bits per heavy atom. The molecule has 1 saturated carbocycles. The molecular weight excluding hydrogens is 435 g/mol. The Labute approximate surface area is 195 Å². The Morgan fingerprint density at radius 3 is 2.41 bits per heavy atom. The summed E-state index contributed by atoms with van der Waals surface area (Å²) >= 11 is 0. The predicted octanol–water partition coefficient (Wildman–Crippen LogP) is 3.84. The first-order valence-corrected chi connectivity index (χ1v) is 11.3. The third-order valence-corrected chi connectivity index (χ3v) is 6.78. The van der Waals surface area contributed by atoms with Gasteiger partial charge in [-0.3, -0.25) is 4.79 Å². The first kappa shape index (κ1) is 21.9. The van der Waals surface area contributed by atoms with E-state index in [1.54, 1.807) is 50.4 Å². The van der Waals surface area contributed by atoms with Crippen molar-refractivity contribution in [2.75, 3.05) is 5.32 Å². The molecule has 0 amide bonds. The normalized spacial score (nSPS) is 17.5. The number of para-hydroxylation sites is 1. The highest BCUT2D eigenvalue weighted by atomic mass is 19.1. The van der Waals surface area contributed by atoms with Gasteiger partial charge in [0.25, 0.3) is 11.4 Å². The zero-order chi connectivity index (χ0) is 24.1. The van der Waals surface area contributed by atoms with E-state index in [1.807, 2.05) is 13.0 Å². The molecule has 2 heterocycles. The van der Waals surface area contributed by atoms with E-state index in [9.17, 15) is 19.1 Å². The van der Waals surface area contributed by atoms with E-state index in [4.69, 9.17) is 0 Å². The SMILES string of the molecule is Cc1ccc(Nc2cc(O)[n+](C)c3c2c(=O)n(C2CC[C@@H]2C)c(=O)n3-c2ccccc2)c(F)c1. The fraction of sp³-hybridized carbons (Fsp3) is 0.269. The van der Waals surface area contributed by atoms with Crippen LogP contribution < -0.4 is 21.1 Å². The predicted molar refractivity (Wildman–Crippen MR) is 129 cm³/mol. The number of rotatable bonds is 4. The molecule has 0 bridgehead atoms. The summed E-state index contributed by atoms with van der Waals surface area (Å²) in [5.74, 6) is -0.477. The van der Waals surface area contributed by atoms with Crippen LogP contribution in [-0.4, -0.2) is 14.2 Å². The number of anilines is 2. The number of benzene rings is 2. The van der Waals surface area contributed by atoms with E-state index in [0.29, 0.717) is 5.69 Å². The fourth-order valence-corrected chi connectivity index (χ4v) is 4.67. The first-order chi connectivity index (χ1) is 16.3. The lowest BCUT2D eigenvalue weighted by Gasteiger charge is -2.34. The topological polar surface area (TPSA) is 80.1 Å². The summed E-state index contributed by atoms with van der Waals surface area (Å²) in [6, 6.07) is 14.9.